The number of hydrogen-bond acceptors (Lipinski definition) is 3. The Balaban J connectivity index is 2.79. The van der Waals surface area contributed by atoms with Crippen LogP contribution in [0, 0.1) is 0 Å². The molecule has 0 radical (unpaired) electrons. The van der Waals surface area contributed by atoms with E-state index in [1.165, 1.54) is 0 Å². The fraction of sp³-hybridized carbons (Fsp3) is 0.846. The second-order valence-corrected chi connectivity index (χ2v) is 4.91. The van der Waals surface area contributed by atoms with Crippen LogP contribution in [0.5, 0.6) is 0 Å². The first-order chi connectivity index (χ1) is 8.06. The summed E-state index contributed by atoms with van der Waals surface area (Å²) >= 11 is 0. The monoisotopic (exact) mass is 241 g/mol. The molecule has 1 heterocycles. The van der Waals surface area contributed by atoms with Crippen molar-refractivity contribution in [1.29, 1.82) is 0 Å². The molecule has 98 valence electrons. The molecule has 0 amide bonds. The normalized spacial score (nSPS) is 24.0. The average molecular weight is 241 g/mol. The van der Waals surface area contributed by atoms with E-state index >= 15 is 0 Å². The van der Waals surface area contributed by atoms with Crippen LogP contribution >= 0.6 is 0 Å². The van der Waals surface area contributed by atoms with Crippen LogP contribution in [0.2, 0.25) is 0 Å². The molecule has 1 rings (SSSR count). The second-order valence-electron chi connectivity index (χ2n) is 4.91. The van der Waals surface area contributed by atoms with Gasteiger partial charge in [0.05, 0.1) is 0 Å². The zero-order chi connectivity index (χ0) is 12.8. The predicted octanol–water partition coefficient (Wildman–Crippen LogP) is 2.07. The lowest BCUT2D eigenvalue weighted by atomic mass is 10.0. The van der Waals surface area contributed by atoms with E-state index < -0.39 is 12.0 Å². The molecule has 1 aliphatic rings. The molecule has 0 bridgehead atoms. The quantitative estimate of drug-likeness (QED) is 0.800. The summed E-state index contributed by atoms with van der Waals surface area (Å²) in [6.07, 6.45) is 5.32. The van der Waals surface area contributed by atoms with Gasteiger partial charge >= 0.3 is 5.97 Å². The Bertz CT molecular complexity index is 278. The largest absolute Gasteiger partial charge is 0.480 e. The predicted molar refractivity (Wildman–Crippen MR) is 66.0 cm³/mol. The van der Waals surface area contributed by atoms with E-state index in [9.17, 15) is 14.7 Å². The maximum Gasteiger partial charge on any atom is 0.320 e. The van der Waals surface area contributed by atoms with Gasteiger partial charge < -0.3 is 5.11 Å². The molecule has 4 heteroatoms. The minimum absolute atomic E-state index is 0.121. The summed E-state index contributed by atoms with van der Waals surface area (Å²) in [4.78, 5) is 24.6. The van der Waals surface area contributed by atoms with E-state index in [0.29, 0.717) is 12.8 Å². The van der Waals surface area contributed by atoms with Gasteiger partial charge in [-0.15, -0.1) is 0 Å². The molecule has 1 N–H and O–H groups in total. The van der Waals surface area contributed by atoms with Crippen molar-refractivity contribution in [2.45, 2.75) is 64.5 Å². The van der Waals surface area contributed by atoms with Crippen molar-refractivity contribution in [2.24, 2.45) is 0 Å². The molecule has 0 aromatic carbocycles. The number of carboxylic acid groups (broad SMARTS) is 1. The van der Waals surface area contributed by atoms with Crippen molar-refractivity contribution in [2.75, 3.05) is 6.54 Å². The lowest BCUT2D eigenvalue weighted by molar-refractivity contribution is -0.145. The fourth-order valence-corrected chi connectivity index (χ4v) is 2.71. The van der Waals surface area contributed by atoms with Crippen LogP contribution in [0.4, 0.5) is 0 Å². The number of Topliss-reactive ketones (excluding diaryl/α,β-unsaturated/α-hetero) is 1. The molecule has 0 saturated carbocycles. The van der Waals surface area contributed by atoms with Gasteiger partial charge in [0.1, 0.15) is 11.8 Å². The SMILES string of the molecule is CCC(C(=O)O)N1CCCCCC1CC(C)=O. The van der Waals surface area contributed by atoms with E-state index in [2.05, 4.69) is 0 Å². The Morgan fingerprint density at radius 1 is 1.35 bits per heavy atom. The number of hydrogen-bond donors (Lipinski definition) is 1. The molecule has 0 aromatic rings. The molecule has 0 aromatic heterocycles. The Morgan fingerprint density at radius 3 is 2.59 bits per heavy atom. The number of rotatable bonds is 5. The third kappa shape index (κ3) is 4.11. The van der Waals surface area contributed by atoms with Crippen molar-refractivity contribution in [3.63, 3.8) is 0 Å². The van der Waals surface area contributed by atoms with Gasteiger partial charge in [-0.2, -0.15) is 0 Å². The molecular weight excluding hydrogens is 218 g/mol. The van der Waals surface area contributed by atoms with Gasteiger partial charge in [0.2, 0.25) is 0 Å². The maximum atomic E-state index is 11.3. The fourth-order valence-electron chi connectivity index (χ4n) is 2.71. The Labute approximate surface area is 103 Å². The molecule has 2 atom stereocenters. The van der Waals surface area contributed by atoms with Crippen LogP contribution in [-0.2, 0) is 9.59 Å². The average Bonchev–Trinajstić information content (AvgIpc) is 2.44. The molecule has 4 nitrogen and oxygen atoms in total. The molecule has 2 unspecified atom stereocenters. The van der Waals surface area contributed by atoms with E-state index in [1.54, 1.807) is 6.92 Å². The van der Waals surface area contributed by atoms with Crippen LogP contribution in [-0.4, -0.2) is 40.4 Å². The topological polar surface area (TPSA) is 57.6 Å². The van der Waals surface area contributed by atoms with Crippen molar-refractivity contribution >= 4 is 11.8 Å². The molecule has 1 saturated heterocycles. The Kier molecular flexibility index (Phi) is 5.62. The van der Waals surface area contributed by atoms with Crippen LogP contribution in [0.1, 0.15) is 52.4 Å². The van der Waals surface area contributed by atoms with E-state index in [0.717, 1.165) is 32.2 Å². The summed E-state index contributed by atoms with van der Waals surface area (Å²) in [6.45, 7) is 4.29. The first kappa shape index (κ1) is 14.2. The highest BCUT2D eigenvalue weighted by molar-refractivity contribution is 5.76. The smallest absolute Gasteiger partial charge is 0.320 e. The lowest BCUT2D eigenvalue weighted by Crippen LogP contribution is -2.47. The number of carboxylic acids is 1. The second kappa shape index (κ2) is 6.74. The summed E-state index contributed by atoms with van der Waals surface area (Å²) in [6, 6.07) is -0.312. The molecule has 17 heavy (non-hydrogen) atoms. The van der Waals surface area contributed by atoms with Gasteiger partial charge in [-0.05, 0) is 32.7 Å². The zero-order valence-corrected chi connectivity index (χ0v) is 10.8. The number of nitrogens with zero attached hydrogens (tertiary/aromatic N) is 1. The molecule has 0 spiro atoms. The first-order valence-corrected chi connectivity index (χ1v) is 6.54. The molecule has 1 fully saturated rings. The van der Waals surface area contributed by atoms with E-state index in [4.69, 9.17) is 0 Å². The zero-order valence-electron chi connectivity index (χ0n) is 10.8. The van der Waals surface area contributed by atoms with Crippen molar-refractivity contribution in [3.8, 4) is 0 Å². The summed E-state index contributed by atoms with van der Waals surface area (Å²) < 4.78 is 0. The molecule has 0 aliphatic carbocycles. The van der Waals surface area contributed by atoms with Gasteiger partial charge in [0.15, 0.2) is 0 Å². The first-order valence-electron chi connectivity index (χ1n) is 6.54. The number of carbonyl (C=O) groups is 2. The minimum Gasteiger partial charge on any atom is -0.480 e. The standard InChI is InChI=1S/C13H23NO3/c1-3-12(13(16)17)14-8-6-4-5-7-11(14)9-10(2)15/h11-12H,3-9H2,1-2H3,(H,16,17). The summed E-state index contributed by atoms with van der Waals surface area (Å²) in [5.41, 5.74) is 0. The summed E-state index contributed by atoms with van der Waals surface area (Å²) in [7, 11) is 0. The van der Waals surface area contributed by atoms with Crippen LogP contribution in [0.15, 0.2) is 0 Å². The maximum absolute atomic E-state index is 11.3. The highest BCUT2D eigenvalue weighted by Crippen LogP contribution is 2.23. The molecular formula is C13H23NO3. The van der Waals surface area contributed by atoms with E-state index in [-0.39, 0.29) is 11.8 Å². The van der Waals surface area contributed by atoms with Gasteiger partial charge in [-0.25, -0.2) is 0 Å². The van der Waals surface area contributed by atoms with Crippen molar-refractivity contribution in [1.82, 2.24) is 4.90 Å². The van der Waals surface area contributed by atoms with Crippen LogP contribution in [0.3, 0.4) is 0 Å². The minimum atomic E-state index is -0.761. The van der Waals surface area contributed by atoms with Gasteiger partial charge in [0.25, 0.3) is 0 Å². The number of carbonyl (C=O) groups excluding carboxylic acids is 1. The number of likely N-dealkylation sites (tertiary alicyclic amines) is 1. The summed E-state index contributed by atoms with van der Waals surface area (Å²) in [5, 5.41) is 9.24. The number of aliphatic carboxylic acids is 1. The summed E-state index contributed by atoms with van der Waals surface area (Å²) in [5.74, 6) is -0.606. The third-order valence-electron chi connectivity index (χ3n) is 3.52. The third-order valence-corrected chi connectivity index (χ3v) is 3.52. The highest BCUT2D eigenvalue weighted by atomic mass is 16.4. The van der Waals surface area contributed by atoms with Crippen molar-refractivity contribution < 1.29 is 14.7 Å². The Hall–Kier alpha value is -0.900. The van der Waals surface area contributed by atoms with Gasteiger partial charge in [-0.1, -0.05) is 19.8 Å². The van der Waals surface area contributed by atoms with Gasteiger partial charge in [0, 0.05) is 12.5 Å². The Morgan fingerprint density at radius 2 is 2.06 bits per heavy atom. The number of ketones is 1. The van der Waals surface area contributed by atoms with Crippen LogP contribution < -0.4 is 0 Å². The molecule has 1 aliphatic heterocycles. The lowest BCUT2D eigenvalue weighted by Gasteiger charge is -2.33. The van der Waals surface area contributed by atoms with E-state index in [1.807, 2.05) is 11.8 Å². The van der Waals surface area contributed by atoms with Crippen molar-refractivity contribution in [3.05, 3.63) is 0 Å². The van der Waals surface area contributed by atoms with Gasteiger partial charge in [-0.3, -0.25) is 14.5 Å². The highest BCUT2D eigenvalue weighted by Gasteiger charge is 2.31. The van der Waals surface area contributed by atoms with Crippen LogP contribution in [0.25, 0.3) is 0 Å².